The van der Waals surface area contributed by atoms with Crippen LogP contribution in [0.2, 0.25) is 0 Å². The standard InChI is InChI=1S/C12H10N2O3S2/c1-17-10(15)7-14-11(16)9(19-12(14)18)6-8-2-4-13-5-3-8/h2-6H,7H2,1H3/b9-6-. The van der Waals surface area contributed by atoms with Crippen LogP contribution in [0, 0.1) is 0 Å². The molecule has 98 valence electrons. The number of methoxy groups -OCH3 is 1. The number of ether oxygens (including phenoxy) is 1. The third-order valence-corrected chi connectivity index (χ3v) is 3.77. The van der Waals surface area contributed by atoms with Crippen LogP contribution in [0.5, 0.6) is 0 Å². The number of amides is 1. The number of rotatable bonds is 3. The number of thioether (sulfide) groups is 1. The van der Waals surface area contributed by atoms with Gasteiger partial charge in [-0.3, -0.25) is 19.5 Å². The Hall–Kier alpha value is -1.73. The van der Waals surface area contributed by atoms with Crippen molar-refractivity contribution in [2.45, 2.75) is 0 Å². The number of pyridine rings is 1. The number of hydrogen-bond donors (Lipinski definition) is 0. The number of esters is 1. The van der Waals surface area contributed by atoms with E-state index in [1.807, 2.05) is 0 Å². The molecule has 1 aromatic heterocycles. The predicted molar refractivity (Wildman–Crippen MR) is 76.1 cm³/mol. The van der Waals surface area contributed by atoms with Crippen molar-refractivity contribution in [2.24, 2.45) is 0 Å². The molecule has 1 aliphatic heterocycles. The van der Waals surface area contributed by atoms with E-state index in [2.05, 4.69) is 9.72 Å². The summed E-state index contributed by atoms with van der Waals surface area (Å²) in [5, 5.41) is 0. The lowest BCUT2D eigenvalue weighted by Gasteiger charge is -2.11. The Morgan fingerprint density at radius 3 is 2.84 bits per heavy atom. The second kappa shape index (κ2) is 5.94. The first kappa shape index (κ1) is 13.7. The summed E-state index contributed by atoms with van der Waals surface area (Å²) in [6.45, 7) is -0.158. The summed E-state index contributed by atoms with van der Waals surface area (Å²) in [6, 6.07) is 3.57. The van der Waals surface area contributed by atoms with Crippen LogP contribution in [0.15, 0.2) is 29.4 Å². The molecule has 19 heavy (non-hydrogen) atoms. The molecular formula is C12H10N2O3S2. The zero-order chi connectivity index (χ0) is 13.8. The number of carbonyl (C=O) groups excluding carboxylic acids is 2. The molecule has 0 atom stereocenters. The molecule has 0 spiro atoms. The van der Waals surface area contributed by atoms with Crippen molar-refractivity contribution in [1.29, 1.82) is 0 Å². The number of thiocarbonyl (C=S) groups is 1. The molecule has 5 nitrogen and oxygen atoms in total. The minimum absolute atomic E-state index is 0.158. The van der Waals surface area contributed by atoms with Crippen LogP contribution in [0.4, 0.5) is 0 Å². The van der Waals surface area contributed by atoms with Crippen LogP contribution >= 0.6 is 24.0 Å². The van der Waals surface area contributed by atoms with E-state index < -0.39 is 5.97 Å². The summed E-state index contributed by atoms with van der Waals surface area (Å²) in [7, 11) is 1.27. The molecule has 0 unspecified atom stereocenters. The Labute approximate surface area is 119 Å². The number of hydrogen-bond acceptors (Lipinski definition) is 6. The molecule has 7 heteroatoms. The van der Waals surface area contributed by atoms with Crippen LogP contribution in [0.3, 0.4) is 0 Å². The Morgan fingerprint density at radius 2 is 2.21 bits per heavy atom. The van der Waals surface area contributed by atoms with Gasteiger partial charge in [-0.25, -0.2) is 0 Å². The molecule has 1 saturated heterocycles. The molecule has 2 heterocycles. The maximum atomic E-state index is 12.1. The number of nitrogens with zero attached hydrogens (tertiary/aromatic N) is 2. The lowest BCUT2D eigenvalue weighted by Crippen LogP contribution is -2.33. The number of aromatic nitrogens is 1. The molecule has 1 fully saturated rings. The molecule has 0 N–H and O–H groups in total. The molecule has 0 bridgehead atoms. The van der Waals surface area contributed by atoms with Gasteiger partial charge in [0.1, 0.15) is 10.9 Å². The van der Waals surface area contributed by atoms with E-state index in [0.29, 0.717) is 9.23 Å². The van der Waals surface area contributed by atoms with Gasteiger partial charge in [-0.1, -0.05) is 24.0 Å². The van der Waals surface area contributed by atoms with Crippen molar-refractivity contribution >= 4 is 46.3 Å². The fourth-order valence-electron chi connectivity index (χ4n) is 1.44. The summed E-state index contributed by atoms with van der Waals surface area (Å²) in [6.07, 6.45) is 5.00. The topological polar surface area (TPSA) is 59.5 Å². The Balaban J connectivity index is 2.18. The second-order valence-corrected chi connectivity index (χ2v) is 5.30. The van der Waals surface area contributed by atoms with Gasteiger partial charge in [0, 0.05) is 12.4 Å². The zero-order valence-corrected chi connectivity index (χ0v) is 11.7. The van der Waals surface area contributed by atoms with Crippen molar-refractivity contribution < 1.29 is 14.3 Å². The normalized spacial score (nSPS) is 17.1. The minimum atomic E-state index is -0.499. The van der Waals surface area contributed by atoms with E-state index in [1.54, 1.807) is 30.6 Å². The molecule has 1 amide bonds. The first-order chi connectivity index (χ1) is 9.11. The van der Waals surface area contributed by atoms with E-state index in [9.17, 15) is 9.59 Å². The van der Waals surface area contributed by atoms with E-state index >= 15 is 0 Å². The van der Waals surface area contributed by atoms with Crippen LogP contribution in [-0.4, -0.2) is 39.7 Å². The lowest BCUT2D eigenvalue weighted by molar-refractivity contribution is -0.143. The van der Waals surface area contributed by atoms with E-state index in [-0.39, 0.29) is 12.5 Å². The summed E-state index contributed by atoms with van der Waals surface area (Å²) in [4.78, 5) is 28.9. The van der Waals surface area contributed by atoms with Gasteiger partial charge >= 0.3 is 5.97 Å². The largest absolute Gasteiger partial charge is 0.468 e. The van der Waals surface area contributed by atoms with Crippen LogP contribution < -0.4 is 0 Å². The molecule has 0 radical (unpaired) electrons. The highest BCUT2D eigenvalue weighted by Crippen LogP contribution is 2.32. The van der Waals surface area contributed by atoms with Crippen LogP contribution in [0.25, 0.3) is 6.08 Å². The van der Waals surface area contributed by atoms with Crippen molar-refractivity contribution in [1.82, 2.24) is 9.88 Å². The van der Waals surface area contributed by atoms with Crippen molar-refractivity contribution in [3.05, 3.63) is 35.0 Å². The summed E-state index contributed by atoms with van der Waals surface area (Å²) in [5.41, 5.74) is 0.855. The van der Waals surface area contributed by atoms with Crippen molar-refractivity contribution in [3.63, 3.8) is 0 Å². The maximum absolute atomic E-state index is 12.1. The van der Waals surface area contributed by atoms with E-state index in [4.69, 9.17) is 12.2 Å². The van der Waals surface area contributed by atoms with Gasteiger partial charge in [0.2, 0.25) is 0 Å². The first-order valence-electron chi connectivity index (χ1n) is 5.34. The fraction of sp³-hybridized carbons (Fsp3) is 0.167. The molecule has 1 aromatic rings. The Bertz CT molecular complexity index is 557. The average molecular weight is 294 g/mol. The molecule has 0 aliphatic carbocycles. The highest BCUT2D eigenvalue weighted by Gasteiger charge is 2.33. The first-order valence-corrected chi connectivity index (χ1v) is 6.56. The molecular weight excluding hydrogens is 284 g/mol. The highest BCUT2D eigenvalue weighted by atomic mass is 32.2. The van der Waals surface area contributed by atoms with Gasteiger partial charge < -0.3 is 4.74 Å². The van der Waals surface area contributed by atoms with Gasteiger partial charge in [-0.2, -0.15) is 0 Å². The van der Waals surface area contributed by atoms with Gasteiger partial charge in [0.05, 0.1) is 12.0 Å². The Morgan fingerprint density at radius 1 is 1.53 bits per heavy atom. The monoisotopic (exact) mass is 294 g/mol. The van der Waals surface area contributed by atoms with Crippen molar-refractivity contribution in [2.75, 3.05) is 13.7 Å². The van der Waals surface area contributed by atoms with E-state index in [1.165, 1.54) is 23.8 Å². The van der Waals surface area contributed by atoms with E-state index in [0.717, 1.165) is 5.56 Å². The predicted octanol–water partition coefficient (Wildman–Crippen LogP) is 1.46. The third kappa shape index (κ3) is 3.18. The lowest BCUT2D eigenvalue weighted by atomic mass is 10.2. The smallest absolute Gasteiger partial charge is 0.325 e. The van der Waals surface area contributed by atoms with Crippen LogP contribution in [0.1, 0.15) is 5.56 Å². The number of carbonyl (C=O) groups is 2. The molecule has 0 aromatic carbocycles. The minimum Gasteiger partial charge on any atom is -0.468 e. The van der Waals surface area contributed by atoms with Gasteiger partial charge in [-0.15, -0.1) is 0 Å². The highest BCUT2D eigenvalue weighted by molar-refractivity contribution is 8.26. The Kier molecular flexibility index (Phi) is 4.28. The molecule has 0 saturated carbocycles. The van der Waals surface area contributed by atoms with Crippen LogP contribution in [-0.2, 0) is 14.3 Å². The van der Waals surface area contributed by atoms with Gasteiger partial charge in [0.25, 0.3) is 5.91 Å². The molecule has 1 aliphatic rings. The zero-order valence-electron chi connectivity index (χ0n) is 10.0. The maximum Gasteiger partial charge on any atom is 0.325 e. The molecule has 2 rings (SSSR count). The average Bonchev–Trinajstić information content (AvgIpc) is 2.67. The van der Waals surface area contributed by atoms with Gasteiger partial charge in [0.15, 0.2) is 0 Å². The fourth-order valence-corrected chi connectivity index (χ4v) is 2.70. The summed E-state index contributed by atoms with van der Waals surface area (Å²) >= 11 is 6.25. The second-order valence-electron chi connectivity index (χ2n) is 3.62. The summed E-state index contributed by atoms with van der Waals surface area (Å²) < 4.78 is 4.89. The van der Waals surface area contributed by atoms with Crippen molar-refractivity contribution in [3.8, 4) is 0 Å². The summed E-state index contributed by atoms with van der Waals surface area (Å²) in [5.74, 6) is -0.779. The quantitative estimate of drug-likeness (QED) is 0.478. The SMILES string of the molecule is COC(=O)CN1C(=O)/C(=C/c2ccncc2)SC1=S. The van der Waals surface area contributed by atoms with Gasteiger partial charge in [-0.05, 0) is 23.8 Å². The third-order valence-electron chi connectivity index (χ3n) is 2.39.